The van der Waals surface area contributed by atoms with Crippen molar-refractivity contribution in [3.8, 4) is 0 Å². The molecule has 29 heavy (non-hydrogen) atoms. The van der Waals surface area contributed by atoms with E-state index >= 15 is 0 Å². The first-order valence-corrected chi connectivity index (χ1v) is 13.5. The summed E-state index contributed by atoms with van der Waals surface area (Å²) in [7, 11) is -2.00. The van der Waals surface area contributed by atoms with Gasteiger partial charge in [-0.2, -0.15) is 0 Å². The summed E-state index contributed by atoms with van der Waals surface area (Å²) in [5.74, 6) is 0. The smallest absolute Gasteiger partial charge is 0.258 e. The van der Waals surface area contributed by atoms with Gasteiger partial charge in [0.25, 0.3) is 6.09 Å². The normalized spacial score (nSPS) is 25.9. The molecule has 0 aromatic heterocycles. The highest BCUT2D eigenvalue weighted by Gasteiger charge is 2.57. The molecule has 1 fully saturated rings. The number of likely N-dealkylation sites (tertiary alicyclic amines) is 1. The molecule has 3 atom stereocenters. The molecular formula is C23H39NO4Si. The maximum Gasteiger partial charge on any atom is 0.258 e. The van der Waals surface area contributed by atoms with Crippen molar-refractivity contribution in [1.82, 2.24) is 0 Å². The van der Waals surface area contributed by atoms with Crippen LogP contribution in [0.3, 0.4) is 0 Å². The van der Waals surface area contributed by atoms with Gasteiger partial charge in [-0.1, -0.05) is 51.1 Å². The molecule has 0 N–H and O–H groups in total. The van der Waals surface area contributed by atoms with E-state index in [1.165, 1.54) is 0 Å². The number of nitrogens with zero attached hydrogens (tertiary/aromatic N) is 1. The molecule has 2 rings (SSSR count). The van der Waals surface area contributed by atoms with Crippen molar-refractivity contribution >= 4 is 14.4 Å². The molecule has 5 nitrogen and oxygen atoms in total. The van der Waals surface area contributed by atoms with E-state index in [1.54, 1.807) is 0 Å². The molecule has 164 valence electrons. The van der Waals surface area contributed by atoms with Gasteiger partial charge in [-0.15, -0.1) is 0 Å². The van der Waals surface area contributed by atoms with Gasteiger partial charge in [0, 0.05) is 6.42 Å². The highest BCUT2D eigenvalue weighted by molar-refractivity contribution is 6.74. The maximum atomic E-state index is 12.5. The van der Waals surface area contributed by atoms with Gasteiger partial charge in [0.1, 0.15) is 18.7 Å². The number of amides is 1. The lowest BCUT2D eigenvalue weighted by Crippen LogP contribution is -2.71. The highest BCUT2D eigenvalue weighted by Crippen LogP contribution is 2.42. The molecule has 1 saturated heterocycles. The Balaban J connectivity index is 2.21. The van der Waals surface area contributed by atoms with Crippen molar-refractivity contribution in [2.75, 3.05) is 13.2 Å². The molecule has 1 amide bonds. The lowest BCUT2D eigenvalue weighted by atomic mass is 10.00. The molecule has 0 bridgehead atoms. The van der Waals surface area contributed by atoms with Crippen molar-refractivity contribution in [3.05, 3.63) is 35.9 Å². The van der Waals surface area contributed by atoms with E-state index in [1.807, 2.05) is 51.1 Å². The average molecular weight is 422 g/mol. The highest BCUT2D eigenvalue weighted by atomic mass is 28.4. The van der Waals surface area contributed by atoms with Gasteiger partial charge < -0.3 is 19.1 Å². The summed E-state index contributed by atoms with van der Waals surface area (Å²) in [6.45, 7) is 18.3. The van der Waals surface area contributed by atoms with Gasteiger partial charge in [-0.05, 0) is 44.5 Å². The first-order chi connectivity index (χ1) is 13.2. The summed E-state index contributed by atoms with van der Waals surface area (Å²) < 4.78 is 12.5. The quantitative estimate of drug-likeness (QED) is 0.507. The number of ether oxygens (including phenoxy) is 1. The number of carbonyl (C=O) groups excluding carboxylic acids is 1. The van der Waals surface area contributed by atoms with Gasteiger partial charge in [0.15, 0.2) is 8.32 Å². The SMILES string of the molecule is CC(C)(C)[N+]1(C(=O)[O-])C[C@@H](O[Si](C)(C)C(C)(C)C)C[C@@H]1COCc1ccccc1. The summed E-state index contributed by atoms with van der Waals surface area (Å²) >= 11 is 0. The van der Waals surface area contributed by atoms with Crippen LogP contribution in [0.15, 0.2) is 30.3 Å². The summed E-state index contributed by atoms with van der Waals surface area (Å²) in [6.07, 6.45) is -0.461. The average Bonchev–Trinajstić information content (AvgIpc) is 2.93. The van der Waals surface area contributed by atoms with Crippen LogP contribution in [0.2, 0.25) is 18.1 Å². The van der Waals surface area contributed by atoms with E-state index in [9.17, 15) is 9.90 Å². The van der Waals surface area contributed by atoms with Crippen molar-refractivity contribution in [1.29, 1.82) is 0 Å². The second-order valence-corrected chi connectivity index (χ2v) is 15.6. The zero-order valence-corrected chi connectivity index (χ0v) is 20.5. The van der Waals surface area contributed by atoms with Gasteiger partial charge >= 0.3 is 0 Å². The topological polar surface area (TPSA) is 58.6 Å². The molecule has 6 heteroatoms. The zero-order valence-electron chi connectivity index (χ0n) is 19.5. The Hall–Kier alpha value is -1.21. The Labute approximate surface area is 177 Å². The van der Waals surface area contributed by atoms with E-state index in [0.29, 0.717) is 26.2 Å². The predicted octanol–water partition coefficient (Wildman–Crippen LogP) is 4.32. The number of quaternary nitrogens is 1. The standard InChI is InChI=1S/C23H39NO4Si/c1-22(2,3)24(21(25)26)15-20(28-29(7,8)23(4,5)6)14-19(24)17-27-16-18-12-10-9-11-13-18/h9-13,19-20H,14-17H2,1-8H3/t19-,20+,24?/m1/s1. The Morgan fingerprint density at radius 3 is 2.21 bits per heavy atom. The fourth-order valence-corrected chi connectivity index (χ4v) is 5.47. The molecule has 1 heterocycles. The van der Waals surface area contributed by atoms with Gasteiger partial charge in [0.2, 0.25) is 0 Å². The molecule has 0 radical (unpaired) electrons. The zero-order chi connectivity index (χ0) is 22.1. The first kappa shape index (κ1) is 24.1. The van der Waals surface area contributed by atoms with Crippen molar-refractivity contribution < 1.29 is 23.5 Å². The molecule has 1 aliphatic rings. The van der Waals surface area contributed by atoms with Crippen molar-refractivity contribution in [2.45, 2.75) is 90.4 Å². The summed E-state index contributed by atoms with van der Waals surface area (Å²) in [6, 6.07) is 9.77. The van der Waals surface area contributed by atoms with Crippen molar-refractivity contribution in [2.24, 2.45) is 0 Å². The van der Waals surface area contributed by atoms with Crippen LogP contribution in [0.5, 0.6) is 0 Å². The molecule has 0 aliphatic carbocycles. The van der Waals surface area contributed by atoms with Crippen LogP contribution in [0.4, 0.5) is 4.79 Å². The van der Waals surface area contributed by atoms with E-state index in [2.05, 4.69) is 33.9 Å². The third-order valence-electron chi connectivity index (χ3n) is 6.86. The minimum absolute atomic E-state index is 0.0771. The largest absolute Gasteiger partial charge is 0.498 e. The Bertz CT molecular complexity index is 693. The third-order valence-corrected chi connectivity index (χ3v) is 11.4. The maximum absolute atomic E-state index is 12.5. The summed E-state index contributed by atoms with van der Waals surface area (Å²) in [5, 5.41) is 12.6. The van der Waals surface area contributed by atoms with Gasteiger partial charge in [-0.25, -0.2) is 0 Å². The summed E-state index contributed by atoms with van der Waals surface area (Å²) in [4.78, 5) is 12.5. The fraction of sp³-hybridized carbons (Fsp3) is 0.696. The number of benzene rings is 1. The lowest BCUT2D eigenvalue weighted by molar-refractivity contribution is -0.931. The number of rotatable bonds is 6. The van der Waals surface area contributed by atoms with Crippen LogP contribution in [0.1, 0.15) is 53.5 Å². The molecule has 1 aromatic rings. The first-order valence-electron chi connectivity index (χ1n) is 10.6. The Morgan fingerprint density at radius 1 is 1.14 bits per heavy atom. The number of hydrogen-bond acceptors (Lipinski definition) is 4. The van der Waals surface area contributed by atoms with E-state index in [-0.39, 0.29) is 21.7 Å². The van der Waals surface area contributed by atoms with E-state index in [4.69, 9.17) is 9.16 Å². The molecular weight excluding hydrogens is 382 g/mol. The van der Waals surface area contributed by atoms with Crippen LogP contribution in [-0.4, -0.2) is 49.7 Å². The van der Waals surface area contributed by atoms with Gasteiger partial charge in [-0.3, -0.25) is 4.48 Å². The van der Waals surface area contributed by atoms with E-state index in [0.717, 1.165) is 5.56 Å². The monoisotopic (exact) mass is 421 g/mol. The number of carbonyl (C=O) groups is 1. The third kappa shape index (κ3) is 5.10. The van der Waals surface area contributed by atoms with Crippen LogP contribution in [-0.2, 0) is 15.8 Å². The van der Waals surface area contributed by atoms with Crippen molar-refractivity contribution in [3.63, 3.8) is 0 Å². The molecule has 1 unspecified atom stereocenters. The van der Waals surface area contributed by atoms with Gasteiger partial charge in [0.05, 0.1) is 18.8 Å². The molecule has 0 spiro atoms. The summed E-state index contributed by atoms with van der Waals surface area (Å²) in [5.41, 5.74) is 0.576. The lowest BCUT2D eigenvalue weighted by Gasteiger charge is -2.49. The van der Waals surface area contributed by atoms with Crippen LogP contribution in [0.25, 0.3) is 0 Å². The Morgan fingerprint density at radius 2 is 1.72 bits per heavy atom. The van der Waals surface area contributed by atoms with Crippen LogP contribution < -0.4 is 5.11 Å². The fourth-order valence-electron chi connectivity index (χ4n) is 4.11. The van der Waals surface area contributed by atoms with E-state index < -0.39 is 19.9 Å². The second-order valence-electron chi connectivity index (χ2n) is 10.9. The molecule has 1 aromatic carbocycles. The minimum Gasteiger partial charge on any atom is -0.498 e. The predicted molar refractivity (Wildman–Crippen MR) is 117 cm³/mol. The second kappa shape index (κ2) is 8.50. The molecule has 0 saturated carbocycles. The van der Waals surface area contributed by atoms with Crippen LogP contribution in [0, 0.1) is 0 Å². The minimum atomic E-state index is -2.00. The number of carboxylic acid groups (broad SMARTS) is 1. The Kier molecular flexibility index (Phi) is 7.05. The number of hydrogen-bond donors (Lipinski definition) is 0. The van der Waals surface area contributed by atoms with Crippen LogP contribution >= 0.6 is 0 Å². The molecule has 1 aliphatic heterocycles.